The minimum Gasteiger partial charge on any atom is -0.490 e. The maximum atomic E-state index is 14.1. The lowest BCUT2D eigenvalue weighted by Crippen LogP contribution is -2.41. The Morgan fingerprint density at radius 3 is 2.62 bits per heavy atom. The Balaban J connectivity index is 1.98. The number of benzene rings is 1. The van der Waals surface area contributed by atoms with Gasteiger partial charge >= 0.3 is 0 Å². The van der Waals surface area contributed by atoms with Crippen molar-refractivity contribution in [2.75, 3.05) is 18.9 Å². The Morgan fingerprint density at radius 2 is 2.03 bits per heavy atom. The lowest BCUT2D eigenvalue weighted by Gasteiger charge is -2.29. The maximum Gasteiger partial charge on any atom is 0.211 e. The summed E-state index contributed by atoms with van der Waals surface area (Å²) >= 11 is 0. The molecule has 29 heavy (non-hydrogen) atoms. The lowest BCUT2D eigenvalue weighted by atomic mass is 9.86. The molecule has 1 fully saturated rings. The molecule has 0 radical (unpaired) electrons. The summed E-state index contributed by atoms with van der Waals surface area (Å²) in [6.07, 6.45) is 6.11. The zero-order valence-electron chi connectivity index (χ0n) is 17.9. The van der Waals surface area contributed by atoms with Crippen LogP contribution in [0, 0.1) is 17.7 Å². The van der Waals surface area contributed by atoms with Crippen LogP contribution >= 0.6 is 0 Å². The topological polar surface area (TPSA) is 75.6 Å². The fraction of sp³-hybridized carbons (Fsp3) is 0.727. The SMILES string of the molecule is CC[C@@](O)(CNS(=O)(=O)CCCCC(C)C)c1ccc(F)c(OCC2CCC2)c1. The molecule has 0 spiro atoms. The van der Waals surface area contributed by atoms with Crippen molar-refractivity contribution in [3.05, 3.63) is 29.6 Å². The van der Waals surface area contributed by atoms with E-state index in [9.17, 15) is 17.9 Å². The average molecular weight is 430 g/mol. The average Bonchev–Trinajstić information content (AvgIpc) is 2.63. The monoisotopic (exact) mass is 429 g/mol. The number of hydrogen-bond donors (Lipinski definition) is 2. The van der Waals surface area contributed by atoms with Crippen LogP contribution in [0.25, 0.3) is 0 Å². The molecule has 0 unspecified atom stereocenters. The zero-order chi connectivity index (χ0) is 21.5. The van der Waals surface area contributed by atoms with Gasteiger partial charge in [0.25, 0.3) is 0 Å². The second-order valence-electron chi connectivity index (χ2n) is 8.67. The van der Waals surface area contributed by atoms with E-state index in [0.29, 0.717) is 30.4 Å². The lowest BCUT2D eigenvalue weighted by molar-refractivity contribution is 0.0375. The number of halogens is 1. The van der Waals surface area contributed by atoms with E-state index in [2.05, 4.69) is 18.6 Å². The molecular weight excluding hydrogens is 393 g/mol. The summed E-state index contributed by atoms with van der Waals surface area (Å²) < 4.78 is 46.9. The van der Waals surface area contributed by atoms with Crippen LogP contribution in [0.1, 0.15) is 71.3 Å². The minimum atomic E-state index is -3.48. The summed E-state index contributed by atoms with van der Waals surface area (Å²) in [5.74, 6) is 0.689. The van der Waals surface area contributed by atoms with Crippen LogP contribution in [0.2, 0.25) is 0 Å². The van der Waals surface area contributed by atoms with E-state index < -0.39 is 21.4 Å². The minimum absolute atomic E-state index is 0.0404. The van der Waals surface area contributed by atoms with Crippen LogP contribution in [-0.4, -0.2) is 32.4 Å². The summed E-state index contributed by atoms with van der Waals surface area (Å²) in [6, 6.07) is 4.26. The van der Waals surface area contributed by atoms with Crippen LogP contribution < -0.4 is 9.46 Å². The molecule has 1 aromatic carbocycles. The summed E-state index contributed by atoms with van der Waals surface area (Å²) in [6.45, 7) is 6.31. The Bertz CT molecular complexity index is 749. The van der Waals surface area contributed by atoms with Gasteiger partial charge in [-0.3, -0.25) is 0 Å². The molecule has 7 heteroatoms. The molecule has 0 heterocycles. The van der Waals surface area contributed by atoms with E-state index in [1.54, 1.807) is 6.92 Å². The van der Waals surface area contributed by atoms with Crippen molar-refractivity contribution in [2.45, 2.75) is 71.3 Å². The Labute approximate surface area is 175 Å². The van der Waals surface area contributed by atoms with Gasteiger partial charge in [-0.15, -0.1) is 0 Å². The predicted molar refractivity (Wildman–Crippen MR) is 114 cm³/mol. The van der Waals surface area contributed by atoms with Gasteiger partial charge in [0.2, 0.25) is 10.0 Å². The van der Waals surface area contributed by atoms with Crippen molar-refractivity contribution >= 4 is 10.0 Å². The molecule has 166 valence electrons. The quantitative estimate of drug-likeness (QED) is 0.457. The van der Waals surface area contributed by atoms with Gasteiger partial charge in [0.1, 0.15) is 5.60 Å². The molecule has 1 aliphatic rings. The number of aliphatic hydroxyl groups is 1. The van der Waals surface area contributed by atoms with Gasteiger partial charge in [-0.1, -0.05) is 46.1 Å². The fourth-order valence-electron chi connectivity index (χ4n) is 3.35. The van der Waals surface area contributed by atoms with Crippen LogP contribution in [0.3, 0.4) is 0 Å². The van der Waals surface area contributed by atoms with Crippen LogP contribution in [0.4, 0.5) is 4.39 Å². The van der Waals surface area contributed by atoms with Gasteiger partial charge in [0.15, 0.2) is 11.6 Å². The third-order valence-electron chi connectivity index (χ3n) is 5.78. The Morgan fingerprint density at radius 1 is 1.31 bits per heavy atom. The van der Waals surface area contributed by atoms with Gasteiger partial charge in [-0.2, -0.15) is 0 Å². The smallest absolute Gasteiger partial charge is 0.211 e. The standard InChI is InChI=1S/C22H36FNO4S/c1-4-22(25,16-24-29(26,27)13-6-5-8-17(2)3)19-11-12-20(23)21(14-19)28-15-18-9-7-10-18/h11-12,14,17-18,24-25H,4-10,13,15-16H2,1-3H3/t22-/m1/s1. The van der Waals surface area contributed by atoms with Crippen molar-refractivity contribution < 1.29 is 22.7 Å². The van der Waals surface area contributed by atoms with E-state index in [1.165, 1.54) is 24.6 Å². The van der Waals surface area contributed by atoms with Crippen molar-refractivity contribution in [1.82, 2.24) is 4.72 Å². The summed E-state index contributed by atoms with van der Waals surface area (Å²) in [5.41, 5.74) is -0.972. The number of nitrogens with one attached hydrogen (secondary N) is 1. The van der Waals surface area contributed by atoms with Gasteiger partial charge in [-0.25, -0.2) is 17.5 Å². The molecule has 1 aliphatic carbocycles. The largest absolute Gasteiger partial charge is 0.490 e. The maximum absolute atomic E-state index is 14.1. The van der Waals surface area contributed by atoms with Crippen LogP contribution in [0.15, 0.2) is 18.2 Å². The van der Waals surface area contributed by atoms with Gasteiger partial charge in [-0.05, 0) is 55.2 Å². The van der Waals surface area contributed by atoms with E-state index in [0.717, 1.165) is 25.7 Å². The predicted octanol–water partition coefficient (Wildman–Crippen LogP) is 4.35. The summed E-state index contributed by atoms with van der Waals surface area (Å²) in [4.78, 5) is 0. The van der Waals surface area contributed by atoms with Crippen molar-refractivity contribution in [2.24, 2.45) is 11.8 Å². The molecule has 1 saturated carbocycles. The van der Waals surface area contributed by atoms with Gasteiger partial charge < -0.3 is 9.84 Å². The molecule has 1 aromatic rings. The highest BCUT2D eigenvalue weighted by molar-refractivity contribution is 7.89. The van der Waals surface area contributed by atoms with Gasteiger partial charge in [0.05, 0.1) is 12.4 Å². The highest BCUT2D eigenvalue weighted by Crippen LogP contribution is 2.31. The molecule has 0 aliphatic heterocycles. The van der Waals surface area contributed by atoms with E-state index >= 15 is 0 Å². The van der Waals surface area contributed by atoms with E-state index in [-0.39, 0.29) is 24.5 Å². The van der Waals surface area contributed by atoms with E-state index in [1.807, 2.05) is 0 Å². The Kier molecular flexibility index (Phi) is 8.91. The van der Waals surface area contributed by atoms with Crippen molar-refractivity contribution in [3.8, 4) is 5.75 Å². The van der Waals surface area contributed by atoms with E-state index in [4.69, 9.17) is 4.74 Å². The number of rotatable bonds is 13. The Hall–Kier alpha value is -1.18. The molecule has 1 atom stereocenters. The van der Waals surface area contributed by atoms with Gasteiger partial charge in [0, 0.05) is 6.54 Å². The van der Waals surface area contributed by atoms with Crippen molar-refractivity contribution in [3.63, 3.8) is 0 Å². The normalized spacial score (nSPS) is 17.2. The third-order valence-corrected chi connectivity index (χ3v) is 7.19. The molecule has 0 aromatic heterocycles. The summed E-state index contributed by atoms with van der Waals surface area (Å²) in [5, 5.41) is 11.0. The number of hydrogen-bond acceptors (Lipinski definition) is 4. The van der Waals surface area contributed by atoms with Crippen molar-refractivity contribution in [1.29, 1.82) is 0 Å². The fourth-order valence-corrected chi connectivity index (χ4v) is 4.54. The number of sulfonamides is 1. The second kappa shape index (κ2) is 10.7. The molecule has 2 rings (SSSR count). The number of ether oxygens (including phenoxy) is 1. The molecule has 2 N–H and O–H groups in total. The first kappa shape index (κ1) is 24.1. The highest BCUT2D eigenvalue weighted by atomic mass is 32.2. The first-order valence-electron chi connectivity index (χ1n) is 10.8. The molecule has 0 bridgehead atoms. The second-order valence-corrected chi connectivity index (χ2v) is 10.6. The third kappa shape index (κ3) is 7.54. The summed E-state index contributed by atoms with van der Waals surface area (Å²) in [7, 11) is -3.48. The van der Waals surface area contributed by atoms with Crippen LogP contribution in [-0.2, 0) is 15.6 Å². The molecule has 5 nitrogen and oxygen atoms in total. The first-order chi connectivity index (χ1) is 13.6. The first-order valence-corrected chi connectivity index (χ1v) is 12.4. The molecular formula is C22H36FNO4S. The highest BCUT2D eigenvalue weighted by Gasteiger charge is 2.30. The van der Waals surface area contributed by atoms with Crippen LogP contribution in [0.5, 0.6) is 5.75 Å². The number of unbranched alkanes of at least 4 members (excludes halogenated alkanes) is 1. The zero-order valence-corrected chi connectivity index (χ0v) is 18.7. The molecule has 0 amide bonds. The molecule has 0 saturated heterocycles.